The summed E-state index contributed by atoms with van der Waals surface area (Å²) in [6.45, 7) is 0. The van der Waals surface area contributed by atoms with Crippen molar-refractivity contribution in [2.24, 2.45) is 0 Å². The number of hydrogen-bond acceptors (Lipinski definition) is 2. The van der Waals surface area contributed by atoms with E-state index in [2.05, 4.69) is 30.7 Å². The summed E-state index contributed by atoms with van der Waals surface area (Å²) in [5, 5.41) is 10.4. The van der Waals surface area contributed by atoms with Crippen LogP contribution in [-0.2, 0) is 5.33 Å². The maximum Gasteiger partial charge on any atom is 0.165 e. The molecule has 6 heteroatoms. The fraction of sp³-hybridized carbons (Fsp3) is 0.333. The minimum absolute atomic E-state index is 0.509. The minimum Gasteiger partial charge on any atom is -0.307 e. The Labute approximate surface area is 123 Å². The van der Waals surface area contributed by atoms with Crippen LogP contribution >= 0.6 is 39.1 Å². The van der Waals surface area contributed by atoms with Gasteiger partial charge in [-0.05, 0) is 31.0 Å². The maximum absolute atomic E-state index is 6.24. The summed E-state index contributed by atoms with van der Waals surface area (Å²) in [7, 11) is 0. The lowest BCUT2D eigenvalue weighted by Gasteiger charge is -2.09. The monoisotopic (exact) mass is 345 g/mol. The van der Waals surface area contributed by atoms with E-state index in [0.717, 1.165) is 17.2 Å². The van der Waals surface area contributed by atoms with Crippen molar-refractivity contribution in [1.82, 2.24) is 14.8 Å². The second-order valence-electron chi connectivity index (χ2n) is 4.30. The number of alkyl halides is 1. The average Bonchev–Trinajstić information content (AvgIpc) is 3.09. The maximum atomic E-state index is 6.24. The first-order valence-electron chi connectivity index (χ1n) is 5.66. The van der Waals surface area contributed by atoms with Crippen LogP contribution in [0.1, 0.15) is 24.7 Å². The molecule has 0 radical (unpaired) electrons. The van der Waals surface area contributed by atoms with Gasteiger partial charge in [-0.25, -0.2) is 0 Å². The van der Waals surface area contributed by atoms with E-state index in [1.807, 2.05) is 12.1 Å². The minimum atomic E-state index is 0.509. The Morgan fingerprint density at radius 1 is 1.28 bits per heavy atom. The molecule has 0 unspecified atom stereocenters. The summed E-state index contributed by atoms with van der Waals surface area (Å²) >= 11 is 15.6. The van der Waals surface area contributed by atoms with Crippen molar-refractivity contribution in [2.75, 3.05) is 0 Å². The van der Waals surface area contributed by atoms with Crippen molar-refractivity contribution in [3.63, 3.8) is 0 Å². The second-order valence-corrected chi connectivity index (χ2v) is 5.70. The van der Waals surface area contributed by atoms with Crippen LogP contribution in [0.25, 0.3) is 11.4 Å². The molecule has 0 aliphatic heterocycles. The van der Waals surface area contributed by atoms with Gasteiger partial charge in [0.1, 0.15) is 5.82 Å². The summed E-state index contributed by atoms with van der Waals surface area (Å²) in [5.74, 6) is 1.77. The van der Waals surface area contributed by atoms with Gasteiger partial charge in [0.25, 0.3) is 0 Å². The number of aromatic nitrogens is 3. The summed E-state index contributed by atoms with van der Waals surface area (Å²) in [6, 6.07) is 5.96. The Balaban J connectivity index is 2.13. The highest BCUT2D eigenvalue weighted by Gasteiger charge is 2.30. The average molecular weight is 347 g/mol. The Morgan fingerprint density at radius 2 is 2.06 bits per heavy atom. The molecule has 1 heterocycles. The third kappa shape index (κ3) is 2.17. The zero-order chi connectivity index (χ0) is 12.7. The predicted molar refractivity (Wildman–Crippen MR) is 76.4 cm³/mol. The highest BCUT2D eigenvalue weighted by molar-refractivity contribution is 9.08. The summed E-state index contributed by atoms with van der Waals surface area (Å²) in [4.78, 5) is 0. The normalized spacial score (nSPS) is 15.1. The lowest BCUT2D eigenvalue weighted by atomic mass is 10.2. The molecule has 0 spiro atoms. The smallest absolute Gasteiger partial charge is 0.165 e. The molecule has 94 valence electrons. The van der Waals surface area contributed by atoms with Crippen molar-refractivity contribution in [3.8, 4) is 11.4 Å². The molecule has 1 aromatic heterocycles. The van der Waals surface area contributed by atoms with E-state index < -0.39 is 0 Å². The molecule has 1 fully saturated rings. The van der Waals surface area contributed by atoms with Crippen LogP contribution in [0.5, 0.6) is 0 Å². The number of rotatable bonds is 3. The highest BCUT2D eigenvalue weighted by Crippen LogP contribution is 2.40. The molecular weight excluding hydrogens is 337 g/mol. The van der Waals surface area contributed by atoms with Crippen LogP contribution in [0.2, 0.25) is 10.0 Å². The molecule has 3 rings (SSSR count). The SMILES string of the molecule is Clc1ccc(-c2nnc(CBr)n2C2CC2)c(Cl)c1. The van der Waals surface area contributed by atoms with E-state index in [-0.39, 0.29) is 0 Å². The first-order valence-corrected chi connectivity index (χ1v) is 7.53. The van der Waals surface area contributed by atoms with Crippen molar-refractivity contribution in [3.05, 3.63) is 34.1 Å². The fourth-order valence-corrected chi connectivity index (χ4v) is 2.86. The molecule has 1 saturated carbocycles. The molecule has 1 aromatic carbocycles. The van der Waals surface area contributed by atoms with Gasteiger partial charge in [-0.2, -0.15) is 0 Å². The van der Waals surface area contributed by atoms with Gasteiger partial charge in [0.15, 0.2) is 5.82 Å². The van der Waals surface area contributed by atoms with Gasteiger partial charge >= 0.3 is 0 Å². The molecule has 1 aliphatic carbocycles. The number of hydrogen-bond donors (Lipinski definition) is 0. The molecule has 1 aliphatic rings. The van der Waals surface area contributed by atoms with Crippen LogP contribution in [0.3, 0.4) is 0 Å². The Hall–Kier alpha value is -0.580. The Morgan fingerprint density at radius 3 is 2.67 bits per heavy atom. The standard InChI is InChI=1S/C12H10BrCl2N3/c13-6-11-16-17-12(18(11)8-2-3-8)9-4-1-7(14)5-10(9)15/h1,4-5,8H,2-3,6H2. The van der Waals surface area contributed by atoms with Crippen molar-refractivity contribution < 1.29 is 0 Å². The third-order valence-corrected chi connectivity index (χ3v) is 4.02. The molecule has 0 amide bonds. The lowest BCUT2D eigenvalue weighted by molar-refractivity contribution is 0.714. The van der Waals surface area contributed by atoms with Crippen molar-refractivity contribution in [2.45, 2.75) is 24.2 Å². The molecule has 0 saturated heterocycles. The highest BCUT2D eigenvalue weighted by atomic mass is 79.9. The van der Waals surface area contributed by atoms with Gasteiger partial charge in [-0.15, -0.1) is 10.2 Å². The summed E-state index contributed by atoms with van der Waals surface area (Å²) < 4.78 is 2.17. The van der Waals surface area contributed by atoms with Gasteiger partial charge in [0.2, 0.25) is 0 Å². The van der Waals surface area contributed by atoms with Gasteiger partial charge in [0, 0.05) is 16.6 Å². The largest absolute Gasteiger partial charge is 0.307 e. The summed E-state index contributed by atoms with van der Waals surface area (Å²) in [5.41, 5.74) is 0.882. The lowest BCUT2D eigenvalue weighted by Crippen LogP contribution is -2.02. The Bertz CT molecular complexity index is 593. The van der Waals surface area contributed by atoms with E-state index in [9.17, 15) is 0 Å². The number of benzene rings is 1. The van der Waals surface area contributed by atoms with E-state index in [1.165, 1.54) is 12.8 Å². The fourth-order valence-electron chi connectivity index (χ4n) is 1.99. The molecule has 0 N–H and O–H groups in total. The number of halogens is 3. The Kier molecular flexibility index (Phi) is 3.34. The molecule has 0 bridgehead atoms. The topological polar surface area (TPSA) is 30.7 Å². The van der Waals surface area contributed by atoms with Gasteiger partial charge < -0.3 is 4.57 Å². The molecule has 3 nitrogen and oxygen atoms in total. The van der Waals surface area contributed by atoms with Gasteiger partial charge in [0.05, 0.1) is 10.4 Å². The van der Waals surface area contributed by atoms with Gasteiger partial charge in [-0.3, -0.25) is 0 Å². The third-order valence-electron chi connectivity index (χ3n) is 2.97. The summed E-state index contributed by atoms with van der Waals surface area (Å²) in [6.07, 6.45) is 2.35. The van der Waals surface area contributed by atoms with Crippen LogP contribution < -0.4 is 0 Å². The van der Waals surface area contributed by atoms with E-state index in [0.29, 0.717) is 21.4 Å². The molecule has 0 atom stereocenters. The van der Waals surface area contributed by atoms with E-state index in [1.54, 1.807) is 6.07 Å². The van der Waals surface area contributed by atoms with Crippen molar-refractivity contribution >= 4 is 39.1 Å². The van der Waals surface area contributed by atoms with Crippen LogP contribution in [0.15, 0.2) is 18.2 Å². The second kappa shape index (κ2) is 4.83. The predicted octanol–water partition coefficient (Wildman–Crippen LogP) is 4.48. The molecular formula is C12H10BrCl2N3. The van der Waals surface area contributed by atoms with Crippen LogP contribution in [-0.4, -0.2) is 14.8 Å². The van der Waals surface area contributed by atoms with E-state index in [4.69, 9.17) is 23.2 Å². The van der Waals surface area contributed by atoms with Gasteiger partial charge in [-0.1, -0.05) is 39.1 Å². The molecule has 18 heavy (non-hydrogen) atoms. The van der Waals surface area contributed by atoms with Crippen LogP contribution in [0.4, 0.5) is 0 Å². The zero-order valence-corrected chi connectivity index (χ0v) is 12.5. The van der Waals surface area contributed by atoms with Crippen LogP contribution in [0, 0.1) is 0 Å². The first-order chi connectivity index (χ1) is 8.70. The first kappa shape index (κ1) is 12.5. The quantitative estimate of drug-likeness (QED) is 0.767. The zero-order valence-electron chi connectivity index (χ0n) is 9.41. The number of nitrogens with zero attached hydrogens (tertiary/aromatic N) is 3. The van der Waals surface area contributed by atoms with Crippen molar-refractivity contribution in [1.29, 1.82) is 0 Å². The molecule has 2 aromatic rings. The van der Waals surface area contributed by atoms with E-state index >= 15 is 0 Å².